The molecule has 1 fully saturated rings. The normalized spacial score (nSPS) is 27.1. The van der Waals surface area contributed by atoms with Crippen LogP contribution in [0.1, 0.15) is 19.0 Å². The largest absolute Gasteiger partial charge is 0.389 e. The third kappa shape index (κ3) is 2.87. The molecule has 0 aliphatic carbocycles. The molecule has 0 bridgehead atoms. The van der Waals surface area contributed by atoms with Crippen LogP contribution in [0.4, 0.5) is 0 Å². The Morgan fingerprint density at radius 3 is 2.87 bits per heavy atom. The van der Waals surface area contributed by atoms with E-state index in [0.29, 0.717) is 11.7 Å². The van der Waals surface area contributed by atoms with Crippen LogP contribution in [-0.4, -0.2) is 38.7 Å². The van der Waals surface area contributed by atoms with Gasteiger partial charge >= 0.3 is 0 Å². The van der Waals surface area contributed by atoms with Crippen LogP contribution in [0.5, 0.6) is 0 Å². The SMILES string of the molecule is CC1(O)CCN(Cc2cnc(Cl)cn2)C1. The molecular formula is C10H14ClN3O. The van der Waals surface area contributed by atoms with E-state index >= 15 is 0 Å². The highest BCUT2D eigenvalue weighted by atomic mass is 35.5. The quantitative estimate of drug-likeness (QED) is 0.822. The van der Waals surface area contributed by atoms with Gasteiger partial charge in [-0.15, -0.1) is 0 Å². The van der Waals surface area contributed by atoms with Crippen LogP contribution in [0.25, 0.3) is 0 Å². The topological polar surface area (TPSA) is 49.2 Å². The van der Waals surface area contributed by atoms with Gasteiger partial charge in [0.15, 0.2) is 0 Å². The van der Waals surface area contributed by atoms with E-state index in [1.54, 1.807) is 12.4 Å². The van der Waals surface area contributed by atoms with Gasteiger partial charge in [0.05, 0.1) is 23.7 Å². The highest BCUT2D eigenvalue weighted by Gasteiger charge is 2.31. The van der Waals surface area contributed by atoms with Crippen molar-refractivity contribution in [1.82, 2.24) is 14.9 Å². The highest BCUT2D eigenvalue weighted by molar-refractivity contribution is 6.29. The molecule has 1 aliphatic rings. The summed E-state index contributed by atoms with van der Waals surface area (Å²) in [7, 11) is 0. The summed E-state index contributed by atoms with van der Waals surface area (Å²) in [6, 6.07) is 0. The average molecular weight is 228 g/mol. The zero-order valence-electron chi connectivity index (χ0n) is 8.65. The van der Waals surface area contributed by atoms with Crippen molar-refractivity contribution in [2.45, 2.75) is 25.5 Å². The molecular weight excluding hydrogens is 214 g/mol. The number of nitrogens with zero attached hydrogens (tertiary/aromatic N) is 3. The van der Waals surface area contributed by atoms with Crippen molar-refractivity contribution in [2.75, 3.05) is 13.1 Å². The molecule has 0 spiro atoms. The number of β-amino-alcohol motifs (C(OH)–C–C–N with tert-alkyl or cyclic N) is 1. The van der Waals surface area contributed by atoms with Crippen molar-refractivity contribution < 1.29 is 5.11 Å². The van der Waals surface area contributed by atoms with E-state index in [9.17, 15) is 5.11 Å². The molecule has 1 atom stereocenters. The van der Waals surface area contributed by atoms with Gasteiger partial charge in [-0.1, -0.05) is 11.6 Å². The van der Waals surface area contributed by atoms with Crippen molar-refractivity contribution in [1.29, 1.82) is 0 Å². The minimum Gasteiger partial charge on any atom is -0.389 e. The predicted octanol–water partition coefficient (Wildman–Crippen LogP) is 1.09. The second kappa shape index (κ2) is 4.04. The van der Waals surface area contributed by atoms with Gasteiger partial charge in [-0.05, 0) is 13.3 Å². The lowest BCUT2D eigenvalue weighted by molar-refractivity contribution is 0.0677. The summed E-state index contributed by atoms with van der Waals surface area (Å²) in [5.74, 6) is 0. The minimum absolute atomic E-state index is 0.409. The molecule has 1 aromatic heterocycles. The first-order valence-corrected chi connectivity index (χ1v) is 5.34. The Bertz CT molecular complexity index is 339. The van der Waals surface area contributed by atoms with Gasteiger partial charge in [0.2, 0.25) is 0 Å². The van der Waals surface area contributed by atoms with E-state index in [1.807, 2.05) is 6.92 Å². The van der Waals surface area contributed by atoms with E-state index in [0.717, 1.165) is 25.2 Å². The molecule has 82 valence electrons. The summed E-state index contributed by atoms with van der Waals surface area (Å²) < 4.78 is 0. The predicted molar refractivity (Wildman–Crippen MR) is 57.6 cm³/mol. The summed E-state index contributed by atoms with van der Waals surface area (Å²) >= 11 is 5.65. The maximum Gasteiger partial charge on any atom is 0.147 e. The van der Waals surface area contributed by atoms with Gasteiger partial charge in [0.1, 0.15) is 5.15 Å². The van der Waals surface area contributed by atoms with E-state index in [1.165, 1.54) is 0 Å². The summed E-state index contributed by atoms with van der Waals surface area (Å²) in [6.07, 6.45) is 4.04. The second-order valence-corrected chi connectivity index (χ2v) is 4.68. The van der Waals surface area contributed by atoms with Crippen LogP contribution in [0.15, 0.2) is 12.4 Å². The molecule has 1 saturated heterocycles. The number of halogens is 1. The fourth-order valence-corrected chi connectivity index (χ4v) is 1.92. The average Bonchev–Trinajstić information content (AvgIpc) is 2.50. The summed E-state index contributed by atoms with van der Waals surface area (Å²) in [6.45, 7) is 4.18. The fourth-order valence-electron chi connectivity index (χ4n) is 1.82. The zero-order chi connectivity index (χ0) is 10.9. The number of hydrogen-bond donors (Lipinski definition) is 1. The molecule has 1 unspecified atom stereocenters. The van der Waals surface area contributed by atoms with Crippen molar-refractivity contribution in [3.63, 3.8) is 0 Å². The first-order chi connectivity index (χ1) is 7.05. The summed E-state index contributed by atoms with van der Waals surface area (Å²) in [4.78, 5) is 10.3. The van der Waals surface area contributed by atoms with Crippen LogP contribution in [0.2, 0.25) is 5.15 Å². The van der Waals surface area contributed by atoms with E-state index < -0.39 is 5.60 Å². The molecule has 1 aliphatic heterocycles. The number of rotatable bonds is 2. The van der Waals surface area contributed by atoms with Gasteiger partial charge in [0, 0.05) is 19.6 Å². The zero-order valence-corrected chi connectivity index (χ0v) is 9.41. The molecule has 1 aromatic rings. The summed E-state index contributed by atoms with van der Waals surface area (Å²) in [5, 5.41) is 10.2. The molecule has 0 radical (unpaired) electrons. The van der Waals surface area contributed by atoms with Gasteiger partial charge < -0.3 is 5.11 Å². The maximum absolute atomic E-state index is 9.79. The third-order valence-corrected chi connectivity index (χ3v) is 2.79. The van der Waals surface area contributed by atoms with Gasteiger partial charge in [-0.2, -0.15) is 0 Å². The fraction of sp³-hybridized carbons (Fsp3) is 0.600. The molecule has 4 nitrogen and oxygen atoms in total. The van der Waals surface area contributed by atoms with Gasteiger partial charge in [-0.25, -0.2) is 4.98 Å². The van der Waals surface area contributed by atoms with Gasteiger partial charge in [-0.3, -0.25) is 9.88 Å². The number of likely N-dealkylation sites (tertiary alicyclic amines) is 1. The van der Waals surface area contributed by atoms with E-state index in [2.05, 4.69) is 14.9 Å². The molecule has 0 saturated carbocycles. The molecule has 5 heteroatoms. The summed E-state index contributed by atoms with van der Waals surface area (Å²) in [5.41, 5.74) is 0.331. The molecule has 0 amide bonds. The lowest BCUT2D eigenvalue weighted by Gasteiger charge is -2.18. The van der Waals surface area contributed by atoms with E-state index in [4.69, 9.17) is 11.6 Å². The number of hydrogen-bond acceptors (Lipinski definition) is 4. The maximum atomic E-state index is 9.79. The van der Waals surface area contributed by atoms with Crippen LogP contribution >= 0.6 is 11.6 Å². The third-order valence-electron chi connectivity index (χ3n) is 2.59. The standard InChI is InChI=1S/C10H14ClN3O/c1-10(15)2-3-14(7-10)6-8-4-13-9(11)5-12-8/h4-5,15H,2-3,6-7H2,1H3. The molecule has 1 N–H and O–H groups in total. The van der Waals surface area contributed by atoms with Crippen molar-refractivity contribution in [2.24, 2.45) is 0 Å². The molecule has 2 heterocycles. The Hall–Kier alpha value is -0.710. The highest BCUT2D eigenvalue weighted by Crippen LogP contribution is 2.21. The molecule has 2 rings (SSSR count). The van der Waals surface area contributed by atoms with Crippen LogP contribution in [-0.2, 0) is 6.54 Å². The number of aromatic nitrogens is 2. The lowest BCUT2D eigenvalue weighted by Crippen LogP contribution is -2.29. The van der Waals surface area contributed by atoms with Crippen LogP contribution in [0, 0.1) is 0 Å². The van der Waals surface area contributed by atoms with Gasteiger partial charge in [0.25, 0.3) is 0 Å². The van der Waals surface area contributed by atoms with Crippen molar-refractivity contribution in [3.8, 4) is 0 Å². The first kappa shape index (κ1) is 10.8. The Labute approximate surface area is 93.9 Å². The van der Waals surface area contributed by atoms with Crippen molar-refractivity contribution in [3.05, 3.63) is 23.2 Å². The number of aliphatic hydroxyl groups is 1. The lowest BCUT2D eigenvalue weighted by atomic mass is 10.1. The van der Waals surface area contributed by atoms with Crippen LogP contribution < -0.4 is 0 Å². The second-order valence-electron chi connectivity index (χ2n) is 4.29. The molecule has 0 aromatic carbocycles. The smallest absolute Gasteiger partial charge is 0.147 e. The Balaban J connectivity index is 1.96. The Kier molecular flexibility index (Phi) is 2.91. The first-order valence-electron chi connectivity index (χ1n) is 4.96. The molecule has 15 heavy (non-hydrogen) atoms. The Morgan fingerprint density at radius 1 is 1.53 bits per heavy atom. The monoisotopic (exact) mass is 227 g/mol. The van der Waals surface area contributed by atoms with Crippen LogP contribution in [0.3, 0.4) is 0 Å². The minimum atomic E-state index is -0.556. The Morgan fingerprint density at radius 2 is 2.33 bits per heavy atom. The van der Waals surface area contributed by atoms with Crippen molar-refractivity contribution >= 4 is 11.6 Å². The van der Waals surface area contributed by atoms with E-state index in [-0.39, 0.29) is 0 Å².